The second-order valence-electron chi connectivity index (χ2n) is 7.36. The first-order chi connectivity index (χ1) is 11.9. The number of fused-ring (bicyclic) bond motifs is 1. The lowest BCUT2D eigenvalue weighted by atomic mass is 10.1. The molecule has 6 heteroatoms. The lowest BCUT2D eigenvalue weighted by Crippen LogP contribution is -2.19. The van der Waals surface area contributed by atoms with Gasteiger partial charge >= 0.3 is 5.97 Å². The van der Waals surface area contributed by atoms with Crippen molar-refractivity contribution in [3.05, 3.63) is 29.5 Å². The molecule has 3 rings (SSSR count). The fourth-order valence-corrected chi connectivity index (χ4v) is 3.42. The molecule has 0 aliphatic carbocycles. The van der Waals surface area contributed by atoms with Crippen molar-refractivity contribution >= 4 is 24.9 Å². The second kappa shape index (κ2) is 7.02. The summed E-state index contributed by atoms with van der Waals surface area (Å²) in [5, 5.41) is 5.27. The highest BCUT2D eigenvalue weighted by atomic mass is 28.3. The van der Waals surface area contributed by atoms with Crippen molar-refractivity contribution in [3.63, 3.8) is 0 Å². The highest BCUT2D eigenvalue weighted by Gasteiger charge is 2.22. The molecule has 1 aliphatic heterocycles. The maximum Gasteiger partial charge on any atom is 0.338 e. The van der Waals surface area contributed by atoms with Crippen LogP contribution < -0.4 is 0 Å². The standard InChI is InChI=1S/C19H24N2O3Si/c1-23-19(22)15-11-14(8-10-25(2,3)4)12-17-16(15)13-20-21(17)18-7-5-6-9-24-18/h11-13,18H,5-7,9H2,1-4H3. The number of ether oxygens (including phenoxy) is 2. The molecule has 1 unspecified atom stereocenters. The molecule has 1 fully saturated rings. The van der Waals surface area contributed by atoms with Crippen LogP contribution in [0.3, 0.4) is 0 Å². The van der Waals surface area contributed by atoms with E-state index in [-0.39, 0.29) is 12.2 Å². The van der Waals surface area contributed by atoms with Crippen molar-refractivity contribution in [2.24, 2.45) is 0 Å². The highest BCUT2D eigenvalue weighted by molar-refractivity contribution is 6.83. The average molecular weight is 356 g/mol. The molecule has 5 nitrogen and oxygen atoms in total. The number of hydrogen-bond acceptors (Lipinski definition) is 4. The Morgan fingerprint density at radius 2 is 2.16 bits per heavy atom. The monoisotopic (exact) mass is 356 g/mol. The van der Waals surface area contributed by atoms with E-state index in [1.54, 1.807) is 12.3 Å². The summed E-state index contributed by atoms with van der Waals surface area (Å²) in [5.41, 5.74) is 5.54. The molecule has 1 saturated heterocycles. The van der Waals surface area contributed by atoms with E-state index in [4.69, 9.17) is 9.47 Å². The lowest BCUT2D eigenvalue weighted by molar-refractivity contribution is -0.0366. The number of hydrogen-bond donors (Lipinski definition) is 0. The molecule has 0 N–H and O–H groups in total. The van der Waals surface area contributed by atoms with E-state index in [9.17, 15) is 4.79 Å². The maximum absolute atomic E-state index is 12.2. The smallest absolute Gasteiger partial charge is 0.338 e. The fourth-order valence-electron chi connectivity index (χ4n) is 2.90. The molecule has 1 aromatic carbocycles. The number of nitrogens with zero attached hydrogens (tertiary/aromatic N) is 2. The molecule has 0 spiro atoms. The van der Waals surface area contributed by atoms with Crippen LogP contribution in [0.2, 0.25) is 19.6 Å². The van der Waals surface area contributed by atoms with E-state index >= 15 is 0 Å². The van der Waals surface area contributed by atoms with Gasteiger partial charge in [0.15, 0.2) is 6.23 Å². The van der Waals surface area contributed by atoms with E-state index in [0.717, 1.165) is 42.3 Å². The summed E-state index contributed by atoms with van der Waals surface area (Å²) in [5.74, 6) is 2.87. The number of methoxy groups -OCH3 is 1. The van der Waals surface area contributed by atoms with Crippen LogP contribution in [0.5, 0.6) is 0 Å². The quantitative estimate of drug-likeness (QED) is 0.467. The Kier molecular flexibility index (Phi) is 4.98. The first-order valence-electron chi connectivity index (χ1n) is 8.63. The zero-order valence-electron chi connectivity index (χ0n) is 15.3. The van der Waals surface area contributed by atoms with Gasteiger partial charge in [-0.25, -0.2) is 9.48 Å². The van der Waals surface area contributed by atoms with Gasteiger partial charge in [0.25, 0.3) is 0 Å². The number of carbonyl (C=O) groups excluding carboxylic acids is 1. The normalized spacial score (nSPS) is 17.8. The first-order valence-corrected chi connectivity index (χ1v) is 12.1. The fraction of sp³-hybridized carbons (Fsp3) is 0.474. The van der Waals surface area contributed by atoms with Gasteiger partial charge in [-0.1, -0.05) is 25.6 Å². The number of esters is 1. The molecule has 1 aliphatic rings. The van der Waals surface area contributed by atoms with Crippen LogP contribution in [0.15, 0.2) is 18.3 Å². The van der Waals surface area contributed by atoms with E-state index in [1.165, 1.54) is 7.11 Å². The molecule has 132 valence electrons. The molecule has 0 saturated carbocycles. The van der Waals surface area contributed by atoms with Crippen LogP contribution in [0.25, 0.3) is 10.9 Å². The Balaban J connectivity index is 2.14. The minimum atomic E-state index is -1.51. The first kappa shape index (κ1) is 17.7. The van der Waals surface area contributed by atoms with Crippen molar-refractivity contribution < 1.29 is 14.3 Å². The van der Waals surface area contributed by atoms with Crippen molar-refractivity contribution in [1.82, 2.24) is 9.78 Å². The third-order valence-electron chi connectivity index (χ3n) is 4.13. The van der Waals surface area contributed by atoms with Gasteiger partial charge in [0.1, 0.15) is 8.07 Å². The van der Waals surface area contributed by atoms with Gasteiger partial charge < -0.3 is 9.47 Å². The van der Waals surface area contributed by atoms with Gasteiger partial charge in [-0.15, -0.1) is 5.54 Å². The van der Waals surface area contributed by atoms with Crippen LogP contribution in [0, 0.1) is 11.5 Å². The minimum Gasteiger partial charge on any atom is -0.465 e. The topological polar surface area (TPSA) is 53.3 Å². The summed E-state index contributed by atoms with van der Waals surface area (Å²) in [6, 6.07) is 3.80. The summed E-state index contributed by atoms with van der Waals surface area (Å²) in [4.78, 5) is 12.2. The van der Waals surface area contributed by atoms with Gasteiger partial charge in [0.2, 0.25) is 0 Å². The Morgan fingerprint density at radius 1 is 1.36 bits per heavy atom. The molecule has 25 heavy (non-hydrogen) atoms. The van der Waals surface area contributed by atoms with E-state index in [2.05, 4.69) is 36.2 Å². The van der Waals surface area contributed by atoms with Crippen LogP contribution in [-0.4, -0.2) is 37.5 Å². The van der Waals surface area contributed by atoms with Crippen LogP contribution in [0.1, 0.15) is 41.4 Å². The van der Waals surface area contributed by atoms with Crippen LogP contribution in [0.4, 0.5) is 0 Å². The zero-order valence-corrected chi connectivity index (χ0v) is 16.3. The SMILES string of the molecule is COC(=O)c1cc(C#C[Si](C)(C)C)cc2c1cnn2C1CCCCO1. The van der Waals surface area contributed by atoms with Crippen molar-refractivity contribution in [1.29, 1.82) is 0 Å². The molecular formula is C19H24N2O3Si. The largest absolute Gasteiger partial charge is 0.465 e. The van der Waals surface area contributed by atoms with Crippen molar-refractivity contribution in [3.8, 4) is 11.5 Å². The number of aromatic nitrogens is 2. The number of benzene rings is 1. The Labute approximate surface area is 149 Å². The highest BCUT2D eigenvalue weighted by Crippen LogP contribution is 2.29. The van der Waals surface area contributed by atoms with Gasteiger partial charge in [-0.2, -0.15) is 5.10 Å². The Bertz CT molecular complexity index is 849. The molecule has 2 heterocycles. The molecule has 1 aromatic heterocycles. The van der Waals surface area contributed by atoms with Crippen LogP contribution >= 0.6 is 0 Å². The zero-order chi connectivity index (χ0) is 18.0. The molecule has 1 atom stereocenters. The number of rotatable bonds is 2. The third-order valence-corrected chi connectivity index (χ3v) is 5.01. The van der Waals surface area contributed by atoms with Crippen molar-refractivity contribution in [2.75, 3.05) is 13.7 Å². The Morgan fingerprint density at radius 3 is 2.80 bits per heavy atom. The number of carbonyl (C=O) groups is 1. The summed E-state index contributed by atoms with van der Waals surface area (Å²) in [6.07, 6.45) is 4.75. The summed E-state index contributed by atoms with van der Waals surface area (Å²) in [6.45, 7) is 7.32. The van der Waals surface area contributed by atoms with E-state index < -0.39 is 8.07 Å². The predicted octanol–water partition coefficient (Wildman–Crippen LogP) is 3.75. The summed E-state index contributed by atoms with van der Waals surface area (Å²) < 4.78 is 12.7. The van der Waals surface area contributed by atoms with E-state index in [1.807, 2.05) is 10.7 Å². The van der Waals surface area contributed by atoms with E-state index in [0.29, 0.717) is 5.56 Å². The van der Waals surface area contributed by atoms with Gasteiger partial charge in [0, 0.05) is 17.6 Å². The summed E-state index contributed by atoms with van der Waals surface area (Å²) in [7, 11) is -0.122. The van der Waals surface area contributed by atoms with Crippen molar-refractivity contribution in [2.45, 2.75) is 45.1 Å². The van der Waals surface area contributed by atoms with Gasteiger partial charge in [0.05, 0.1) is 24.4 Å². The average Bonchev–Trinajstić information content (AvgIpc) is 3.02. The molecule has 0 radical (unpaired) electrons. The van der Waals surface area contributed by atoms with Gasteiger partial charge in [-0.05, 0) is 31.4 Å². The third kappa shape index (κ3) is 3.94. The molecule has 2 aromatic rings. The predicted molar refractivity (Wildman–Crippen MR) is 100 cm³/mol. The second-order valence-corrected chi connectivity index (χ2v) is 12.1. The molecule has 0 amide bonds. The van der Waals surface area contributed by atoms with Gasteiger partial charge in [-0.3, -0.25) is 0 Å². The maximum atomic E-state index is 12.2. The molecule has 0 bridgehead atoms. The lowest BCUT2D eigenvalue weighted by Gasteiger charge is -2.23. The Hall–Kier alpha value is -2.10. The minimum absolute atomic E-state index is 0.0862. The summed E-state index contributed by atoms with van der Waals surface area (Å²) >= 11 is 0. The molecular weight excluding hydrogens is 332 g/mol. The van der Waals surface area contributed by atoms with Crippen LogP contribution in [-0.2, 0) is 9.47 Å².